The molecule has 2 unspecified atom stereocenters. The lowest BCUT2D eigenvalue weighted by atomic mass is 10.0. The summed E-state index contributed by atoms with van der Waals surface area (Å²) >= 11 is 0. The van der Waals surface area contributed by atoms with E-state index < -0.39 is 9.84 Å². The smallest absolute Gasteiger partial charge is 0.154 e. The highest BCUT2D eigenvalue weighted by Gasteiger charge is 2.26. The molecule has 0 saturated heterocycles. The summed E-state index contributed by atoms with van der Waals surface area (Å²) in [7, 11) is -1.52. The van der Waals surface area contributed by atoms with Crippen LogP contribution in [-0.2, 0) is 9.84 Å². The van der Waals surface area contributed by atoms with Crippen LogP contribution in [0.1, 0.15) is 44.4 Å². The number of rotatable bonds is 8. The van der Waals surface area contributed by atoms with Gasteiger partial charge in [0.05, 0.1) is 18.1 Å². The quantitative estimate of drug-likeness (QED) is 0.802. The Bertz CT molecular complexity index is 555. The maximum absolute atomic E-state index is 12.4. The third kappa shape index (κ3) is 4.71. The van der Waals surface area contributed by atoms with Crippen molar-refractivity contribution < 1.29 is 13.2 Å². The van der Waals surface area contributed by atoms with Gasteiger partial charge in [-0.1, -0.05) is 31.5 Å². The fraction of sp³-hybridized carbons (Fsp3) is 0.625. The molecule has 0 spiro atoms. The predicted molar refractivity (Wildman–Crippen MR) is 87.7 cm³/mol. The van der Waals surface area contributed by atoms with Gasteiger partial charge in [-0.2, -0.15) is 0 Å². The topological polar surface area (TPSA) is 55.4 Å². The zero-order chi connectivity index (χ0) is 16.0. The molecule has 1 aromatic carbocycles. The highest BCUT2D eigenvalue weighted by atomic mass is 32.2. The minimum absolute atomic E-state index is 0.0929. The van der Waals surface area contributed by atoms with Gasteiger partial charge in [0.2, 0.25) is 0 Å². The fourth-order valence-corrected chi connectivity index (χ4v) is 3.88. The van der Waals surface area contributed by atoms with Gasteiger partial charge in [0.25, 0.3) is 0 Å². The van der Waals surface area contributed by atoms with Crippen LogP contribution in [0.5, 0.6) is 5.75 Å². The minimum Gasteiger partial charge on any atom is -0.496 e. The lowest BCUT2D eigenvalue weighted by molar-refractivity contribution is 0.402. The van der Waals surface area contributed by atoms with E-state index in [2.05, 4.69) is 5.32 Å². The lowest BCUT2D eigenvalue weighted by Crippen LogP contribution is -2.32. The maximum atomic E-state index is 12.4. The van der Waals surface area contributed by atoms with Crippen LogP contribution in [0, 0.1) is 6.92 Å². The van der Waals surface area contributed by atoms with E-state index in [1.165, 1.54) is 0 Å². The minimum atomic E-state index is -3.14. The Hall–Kier alpha value is -1.07. The van der Waals surface area contributed by atoms with E-state index in [1.807, 2.05) is 39.0 Å². The van der Waals surface area contributed by atoms with Gasteiger partial charge in [-0.25, -0.2) is 8.42 Å². The van der Waals surface area contributed by atoms with Gasteiger partial charge in [-0.15, -0.1) is 0 Å². The van der Waals surface area contributed by atoms with Gasteiger partial charge in [-0.3, -0.25) is 0 Å². The molecular formula is C16H27NO3S. The molecule has 2 atom stereocenters. The summed E-state index contributed by atoms with van der Waals surface area (Å²) < 4.78 is 30.2. The maximum Gasteiger partial charge on any atom is 0.154 e. The molecule has 0 fully saturated rings. The van der Waals surface area contributed by atoms with Crippen molar-refractivity contribution in [3.63, 3.8) is 0 Å². The summed E-state index contributed by atoms with van der Waals surface area (Å²) in [5, 5.41) is 2.95. The van der Waals surface area contributed by atoms with E-state index >= 15 is 0 Å². The molecule has 0 aromatic heterocycles. The Morgan fingerprint density at radius 3 is 2.48 bits per heavy atom. The molecule has 0 bridgehead atoms. The Kier molecular flexibility index (Phi) is 6.68. The van der Waals surface area contributed by atoms with E-state index in [1.54, 1.807) is 14.0 Å². The zero-order valence-electron chi connectivity index (χ0n) is 13.6. The first kappa shape index (κ1) is 18.0. The predicted octanol–water partition coefficient (Wildman–Crippen LogP) is 2.87. The molecule has 0 saturated carbocycles. The van der Waals surface area contributed by atoms with Gasteiger partial charge >= 0.3 is 0 Å². The van der Waals surface area contributed by atoms with Crippen LogP contribution in [0.3, 0.4) is 0 Å². The molecular weight excluding hydrogens is 286 g/mol. The average molecular weight is 313 g/mol. The van der Waals surface area contributed by atoms with E-state index in [9.17, 15) is 8.42 Å². The van der Waals surface area contributed by atoms with Crippen LogP contribution in [0.15, 0.2) is 18.2 Å². The first-order valence-electron chi connectivity index (χ1n) is 7.45. The van der Waals surface area contributed by atoms with Gasteiger partial charge in [-0.05, 0) is 32.9 Å². The molecule has 0 radical (unpaired) electrons. The summed E-state index contributed by atoms with van der Waals surface area (Å²) in [6, 6.07) is 5.61. The van der Waals surface area contributed by atoms with Gasteiger partial charge in [0.1, 0.15) is 5.75 Å². The summed E-state index contributed by atoms with van der Waals surface area (Å²) in [6.45, 7) is 8.35. The summed E-state index contributed by atoms with van der Waals surface area (Å²) in [6.07, 6.45) is 0.631. The van der Waals surface area contributed by atoms with Crippen molar-refractivity contribution in [3.8, 4) is 5.75 Å². The number of methoxy groups -OCH3 is 1. The van der Waals surface area contributed by atoms with E-state index in [0.717, 1.165) is 16.9 Å². The van der Waals surface area contributed by atoms with Crippen molar-refractivity contribution in [2.45, 2.75) is 45.4 Å². The summed E-state index contributed by atoms with van der Waals surface area (Å²) in [4.78, 5) is 0. The monoisotopic (exact) mass is 313 g/mol. The van der Waals surface area contributed by atoms with Gasteiger partial charge < -0.3 is 10.1 Å². The van der Waals surface area contributed by atoms with Crippen molar-refractivity contribution in [3.05, 3.63) is 29.3 Å². The van der Waals surface area contributed by atoms with E-state index in [4.69, 9.17) is 4.74 Å². The number of ether oxygens (including phenoxy) is 1. The van der Waals surface area contributed by atoms with Crippen molar-refractivity contribution in [2.24, 2.45) is 0 Å². The summed E-state index contributed by atoms with van der Waals surface area (Å²) in [5.74, 6) is 0.821. The van der Waals surface area contributed by atoms with Crippen LogP contribution in [0.2, 0.25) is 0 Å². The molecule has 0 amide bonds. The fourth-order valence-electron chi connectivity index (χ4n) is 2.28. The second-order valence-electron chi connectivity index (χ2n) is 5.40. The SMILES string of the molecule is CCNC(CS(=O)(=O)C(C)CC)c1cc(C)ccc1OC. The first-order chi connectivity index (χ1) is 9.85. The molecule has 0 heterocycles. The van der Waals surface area contributed by atoms with Crippen molar-refractivity contribution in [2.75, 3.05) is 19.4 Å². The van der Waals surface area contributed by atoms with Crippen LogP contribution < -0.4 is 10.1 Å². The lowest BCUT2D eigenvalue weighted by Gasteiger charge is -2.23. The second kappa shape index (κ2) is 7.80. The van der Waals surface area contributed by atoms with Crippen LogP contribution >= 0.6 is 0 Å². The molecule has 5 heteroatoms. The number of hydrogen-bond acceptors (Lipinski definition) is 4. The van der Waals surface area contributed by atoms with Crippen LogP contribution in [0.4, 0.5) is 0 Å². The number of aryl methyl sites for hydroxylation is 1. The Morgan fingerprint density at radius 1 is 1.29 bits per heavy atom. The van der Waals surface area contributed by atoms with Crippen molar-refractivity contribution in [1.29, 1.82) is 0 Å². The molecule has 1 aromatic rings. The van der Waals surface area contributed by atoms with Crippen molar-refractivity contribution in [1.82, 2.24) is 5.32 Å². The number of benzene rings is 1. The molecule has 1 rings (SSSR count). The summed E-state index contributed by atoms with van der Waals surface area (Å²) in [5.41, 5.74) is 2.00. The molecule has 0 aliphatic carbocycles. The molecule has 0 aliphatic heterocycles. The molecule has 4 nitrogen and oxygen atoms in total. The van der Waals surface area contributed by atoms with E-state index in [-0.39, 0.29) is 17.0 Å². The largest absolute Gasteiger partial charge is 0.496 e. The van der Waals surface area contributed by atoms with Crippen LogP contribution in [0.25, 0.3) is 0 Å². The van der Waals surface area contributed by atoms with E-state index in [0.29, 0.717) is 13.0 Å². The Labute approximate surface area is 128 Å². The number of hydrogen-bond donors (Lipinski definition) is 1. The van der Waals surface area contributed by atoms with Gasteiger partial charge in [0.15, 0.2) is 9.84 Å². The first-order valence-corrected chi connectivity index (χ1v) is 9.16. The van der Waals surface area contributed by atoms with Crippen LogP contribution in [-0.4, -0.2) is 33.1 Å². The zero-order valence-corrected chi connectivity index (χ0v) is 14.5. The Morgan fingerprint density at radius 2 is 1.95 bits per heavy atom. The number of nitrogens with one attached hydrogen (secondary N) is 1. The second-order valence-corrected chi connectivity index (χ2v) is 7.87. The normalized spacial score (nSPS) is 14.7. The average Bonchev–Trinajstić information content (AvgIpc) is 2.45. The number of sulfone groups is 1. The Balaban J connectivity index is 3.16. The third-order valence-electron chi connectivity index (χ3n) is 3.80. The van der Waals surface area contributed by atoms with Crippen molar-refractivity contribution >= 4 is 9.84 Å². The molecule has 21 heavy (non-hydrogen) atoms. The molecule has 120 valence electrons. The third-order valence-corrected chi connectivity index (χ3v) is 6.16. The van der Waals surface area contributed by atoms with Gasteiger partial charge in [0, 0.05) is 11.6 Å². The highest BCUT2D eigenvalue weighted by molar-refractivity contribution is 7.92. The molecule has 1 N–H and O–H groups in total. The standard InChI is InChI=1S/C16H27NO3S/c1-6-13(4)21(18,19)11-15(17-7-2)14-10-12(3)8-9-16(14)20-5/h8-10,13,15,17H,6-7,11H2,1-5H3. The molecule has 0 aliphatic rings. The highest BCUT2D eigenvalue weighted by Crippen LogP contribution is 2.28.